The van der Waals surface area contributed by atoms with Crippen LogP contribution in [0.1, 0.15) is 20.8 Å². The number of aryl methyl sites for hydroxylation is 1. The number of carbonyl (C=O) groups excluding carboxylic acids is 2. The molecule has 0 spiro atoms. The van der Waals surface area contributed by atoms with E-state index in [-0.39, 0.29) is 42.3 Å². The molecule has 0 aromatic carbocycles. The quantitative estimate of drug-likeness (QED) is 0.321. The van der Waals surface area contributed by atoms with Crippen LogP contribution in [0.15, 0.2) is 40.1 Å². The predicted octanol–water partition coefficient (Wildman–Crippen LogP) is -1.33. The number of amides is 2. The summed E-state index contributed by atoms with van der Waals surface area (Å²) in [5.41, 5.74) is -1.73. The van der Waals surface area contributed by atoms with Gasteiger partial charge in [-0.25, -0.2) is 0 Å². The molecule has 0 aliphatic carbocycles. The summed E-state index contributed by atoms with van der Waals surface area (Å²) in [6.45, 7) is 0.492. The fourth-order valence-electron chi connectivity index (χ4n) is 2.21. The van der Waals surface area contributed by atoms with Crippen molar-refractivity contribution in [2.75, 3.05) is 26.3 Å². The van der Waals surface area contributed by atoms with Crippen molar-refractivity contribution in [1.29, 1.82) is 0 Å². The van der Waals surface area contributed by atoms with Crippen LogP contribution in [0, 0.1) is 0 Å². The summed E-state index contributed by atoms with van der Waals surface area (Å²) in [7, 11) is 1.45. The van der Waals surface area contributed by atoms with Gasteiger partial charge >= 0.3 is 0 Å². The van der Waals surface area contributed by atoms with Gasteiger partial charge in [0.05, 0.1) is 18.8 Å². The SMILES string of the molecule is Cn1ccc(C(=O)NCCOCCNC(=O)c2cccc(=O)n2O)c(O)c1=O. The third-order valence-corrected chi connectivity index (χ3v) is 3.71. The lowest BCUT2D eigenvalue weighted by Crippen LogP contribution is -2.33. The van der Waals surface area contributed by atoms with Gasteiger partial charge in [-0.2, -0.15) is 0 Å². The highest BCUT2D eigenvalue weighted by Gasteiger charge is 2.14. The monoisotopic (exact) mass is 392 g/mol. The Morgan fingerprint density at radius 1 is 1.07 bits per heavy atom. The van der Waals surface area contributed by atoms with E-state index in [9.17, 15) is 29.5 Å². The van der Waals surface area contributed by atoms with Gasteiger partial charge in [-0.1, -0.05) is 6.07 Å². The minimum Gasteiger partial charge on any atom is -0.502 e. The second kappa shape index (κ2) is 9.37. The van der Waals surface area contributed by atoms with Crippen LogP contribution in [-0.2, 0) is 11.8 Å². The zero-order valence-corrected chi connectivity index (χ0v) is 15.0. The standard InChI is InChI=1S/C17H20N4O7/c1-20-8-5-11(14(23)17(20)26)15(24)18-6-9-28-10-7-19-16(25)12-3-2-4-13(22)21(12)27/h2-5,8,23,27H,6-7,9-10H2,1H3,(H,18,24)(H,19,25). The Hall–Kier alpha value is -3.60. The molecule has 0 bridgehead atoms. The van der Waals surface area contributed by atoms with Gasteiger partial charge in [-0.15, -0.1) is 4.73 Å². The molecule has 0 aliphatic heterocycles. The van der Waals surface area contributed by atoms with Gasteiger partial charge in [-0.05, 0) is 12.1 Å². The van der Waals surface area contributed by atoms with E-state index in [2.05, 4.69) is 10.6 Å². The van der Waals surface area contributed by atoms with Gasteiger partial charge in [0.1, 0.15) is 5.69 Å². The van der Waals surface area contributed by atoms with Crippen molar-refractivity contribution in [3.05, 3.63) is 62.4 Å². The highest BCUT2D eigenvalue weighted by molar-refractivity contribution is 5.96. The van der Waals surface area contributed by atoms with Gasteiger partial charge in [0, 0.05) is 32.4 Å². The molecule has 2 rings (SSSR count). The average Bonchev–Trinajstić information content (AvgIpc) is 2.67. The number of hydrogen-bond donors (Lipinski definition) is 4. The highest BCUT2D eigenvalue weighted by Crippen LogP contribution is 2.09. The molecule has 0 radical (unpaired) electrons. The van der Waals surface area contributed by atoms with E-state index < -0.39 is 28.7 Å². The molecule has 150 valence electrons. The minimum atomic E-state index is -0.720. The number of pyridine rings is 2. The topological polar surface area (TPSA) is 152 Å². The Morgan fingerprint density at radius 3 is 2.39 bits per heavy atom. The van der Waals surface area contributed by atoms with E-state index in [1.165, 1.54) is 31.4 Å². The van der Waals surface area contributed by atoms with Crippen LogP contribution in [0.5, 0.6) is 5.75 Å². The summed E-state index contributed by atoms with van der Waals surface area (Å²) in [6.07, 6.45) is 1.37. The van der Waals surface area contributed by atoms with E-state index in [4.69, 9.17) is 4.74 Å². The van der Waals surface area contributed by atoms with E-state index in [0.717, 1.165) is 10.6 Å². The Morgan fingerprint density at radius 2 is 1.71 bits per heavy atom. The number of ether oxygens (including phenoxy) is 1. The molecule has 2 heterocycles. The van der Waals surface area contributed by atoms with Crippen molar-refractivity contribution in [1.82, 2.24) is 19.9 Å². The van der Waals surface area contributed by atoms with Crippen molar-refractivity contribution in [3.8, 4) is 5.75 Å². The van der Waals surface area contributed by atoms with Crippen molar-refractivity contribution >= 4 is 11.8 Å². The molecular formula is C17H20N4O7. The maximum absolute atomic E-state index is 11.9. The number of nitrogens with zero attached hydrogens (tertiary/aromatic N) is 2. The molecule has 2 aromatic rings. The van der Waals surface area contributed by atoms with Crippen LogP contribution in [0.25, 0.3) is 0 Å². The van der Waals surface area contributed by atoms with Crippen molar-refractivity contribution in [3.63, 3.8) is 0 Å². The highest BCUT2D eigenvalue weighted by atomic mass is 16.5. The fraction of sp³-hybridized carbons (Fsp3) is 0.294. The predicted molar refractivity (Wildman–Crippen MR) is 96.7 cm³/mol. The number of aromatic hydroxyl groups is 1. The first kappa shape index (κ1) is 20.7. The molecule has 11 nitrogen and oxygen atoms in total. The zero-order valence-electron chi connectivity index (χ0n) is 15.0. The fourth-order valence-corrected chi connectivity index (χ4v) is 2.21. The van der Waals surface area contributed by atoms with Gasteiger partial charge in [-0.3, -0.25) is 19.2 Å². The van der Waals surface area contributed by atoms with Gasteiger partial charge in [0.25, 0.3) is 22.9 Å². The summed E-state index contributed by atoms with van der Waals surface area (Å²) in [5.74, 6) is -1.88. The largest absolute Gasteiger partial charge is 0.502 e. The van der Waals surface area contributed by atoms with Crippen LogP contribution < -0.4 is 21.8 Å². The van der Waals surface area contributed by atoms with Crippen LogP contribution in [0.3, 0.4) is 0 Å². The molecule has 11 heteroatoms. The molecule has 0 saturated heterocycles. The Balaban J connectivity index is 1.68. The van der Waals surface area contributed by atoms with E-state index >= 15 is 0 Å². The minimum absolute atomic E-state index is 0.116. The number of carbonyl (C=O) groups is 2. The number of aromatic nitrogens is 2. The van der Waals surface area contributed by atoms with Gasteiger partial charge < -0.3 is 30.3 Å². The maximum atomic E-state index is 11.9. The molecule has 0 aliphatic rings. The molecular weight excluding hydrogens is 372 g/mol. The number of rotatable bonds is 8. The Labute approximate surface area is 158 Å². The maximum Gasteiger partial charge on any atom is 0.293 e. The molecule has 2 aromatic heterocycles. The molecule has 0 fully saturated rings. The van der Waals surface area contributed by atoms with Crippen LogP contribution >= 0.6 is 0 Å². The molecule has 2 amide bonds. The summed E-state index contributed by atoms with van der Waals surface area (Å²) < 4.78 is 6.64. The van der Waals surface area contributed by atoms with E-state index in [0.29, 0.717) is 0 Å². The second-order valence-corrected chi connectivity index (χ2v) is 5.68. The lowest BCUT2D eigenvalue weighted by molar-refractivity contribution is 0.0852. The molecule has 0 saturated carbocycles. The zero-order chi connectivity index (χ0) is 20.7. The summed E-state index contributed by atoms with van der Waals surface area (Å²) in [6, 6.07) is 5.08. The summed E-state index contributed by atoms with van der Waals surface area (Å²) >= 11 is 0. The molecule has 4 N–H and O–H groups in total. The summed E-state index contributed by atoms with van der Waals surface area (Å²) in [5, 5.41) is 24.1. The smallest absolute Gasteiger partial charge is 0.293 e. The number of nitrogens with one attached hydrogen (secondary N) is 2. The normalized spacial score (nSPS) is 10.5. The molecule has 0 unspecified atom stereocenters. The first-order valence-corrected chi connectivity index (χ1v) is 8.27. The van der Waals surface area contributed by atoms with E-state index in [1.54, 1.807) is 0 Å². The first-order valence-electron chi connectivity index (χ1n) is 8.27. The van der Waals surface area contributed by atoms with Crippen LogP contribution in [-0.4, -0.2) is 57.7 Å². The van der Waals surface area contributed by atoms with Crippen molar-refractivity contribution < 1.29 is 24.6 Å². The van der Waals surface area contributed by atoms with Gasteiger partial charge in [0.15, 0.2) is 5.75 Å². The average molecular weight is 392 g/mol. The van der Waals surface area contributed by atoms with Crippen molar-refractivity contribution in [2.45, 2.75) is 0 Å². The Bertz CT molecular complexity index is 980. The molecule has 28 heavy (non-hydrogen) atoms. The summed E-state index contributed by atoms with van der Waals surface area (Å²) in [4.78, 5) is 46.6. The number of hydrogen-bond acceptors (Lipinski definition) is 7. The Kier molecular flexibility index (Phi) is 6.93. The third kappa shape index (κ3) is 4.98. The molecule has 0 atom stereocenters. The second-order valence-electron chi connectivity index (χ2n) is 5.68. The lowest BCUT2D eigenvalue weighted by atomic mass is 10.2. The van der Waals surface area contributed by atoms with Crippen LogP contribution in [0.2, 0.25) is 0 Å². The first-order chi connectivity index (χ1) is 13.3. The van der Waals surface area contributed by atoms with E-state index in [1.807, 2.05) is 0 Å². The lowest BCUT2D eigenvalue weighted by Gasteiger charge is -2.09. The van der Waals surface area contributed by atoms with Crippen LogP contribution in [0.4, 0.5) is 0 Å². The van der Waals surface area contributed by atoms with Gasteiger partial charge in [0.2, 0.25) is 0 Å². The third-order valence-electron chi connectivity index (χ3n) is 3.71. The van der Waals surface area contributed by atoms with Crippen molar-refractivity contribution in [2.24, 2.45) is 7.05 Å².